The number of hydrogen-bond donors (Lipinski definition) is 16. The maximum absolute atomic E-state index is 13.8. The Kier molecular flexibility index (Phi) is 27.7. The highest BCUT2D eigenvalue weighted by Crippen LogP contribution is 2.10. The lowest BCUT2D eigenvalue weighted by atomic mass is 10.0. The van der Waals surface area contributed by atoms with Gasteiger partial charge in [0.15, 0.2) is 6.04 Å². The number of aliphatic hydroxyl groups excluding tert-OH is 1. The summed E-state index contributed by atoms with van der Waals surface area (Å²) in [6.45, 7) is 3.64. The SMILES string of the molecule is CSCC[C@H](NC(=O)[C@H](CCCNC(N)N)NC(=O)[C@H](CO)NC(=O)[C@H](C)[NH3+])C(=O)N[C@@H](CCC(=O)O)C(=O)N[C@@H](CCC(=O)O)C(=O)N[C@H](C(=O)N[C@@H](CC(=O)O)C(=O)O)C(C)C. The van der Waals surface area contributed by atoms with Crippen LogP contribution >= 0.6 is 11.8 Å². The zero-order valence-electron chi connectivity index (χ0n) is 36.0. The molecule has 8 atom stereocenters. The first-order valence-electron chi connectivity index (χ1n) is 20.0. The third-order valence-electron chi connectivity index (χ3n) is 8.99. The van der Waals surface area contributed by atoms with Gasteiger partial charge in [-0.2, -0.15) is 11.8 Å². The zero-order valence-corrected chi connectivity index (χ0v) is 36.9. The van der Waals surface area contributed by atoms with Crippen LogP contribution in [0.5, 0.6) is 0 Å². The molecule has 27 nitrogen and oxygen atoms in total. The Bertz CT molecular complexity index is 1640. The summed E-state index contributed by atoms with van der Waals surface area (Å²) in [4.78, 5) is 139. The molecule has 0 spiro atoms. The number of carbonyl (C=O) groups excluding carboxylic acids is 7. The summed E-state index contributed by atoms with van der Waals surface area (Å²) >= 11 is 1.26. The van der Waals surface area contributed by atoms with Crippen LogP contribution in [0.15, 0.2) is 0 Å². The van der Waals surface area contributed by atoms with Gasteiger partial charge in [0.25, 0.3) is 5.91 Å². The minimum atomic E-state index is -1.89. The lowest BCUT2D eigenvalue weighted by molar-refractivity contribution is -0.398. The van der Waals surface area contributed by atoms with E-state index in [4.69, 9.17) is 16.6 Å². The second kappa shape index (κ2) is 30.4. The number of carboxylic acid groups (broad SMARTS) is 4. The Hall–Kier alpha value is -5.68. The number of carboxylic acids is 4. The molecular weight excluding hydrogens is 875 g/mol. The average molecular weight is 939 g/mol. The molecule has 0 heterocycles. The number of rotatable bonds is 33. The van der Waals surface area contributed by atoms with E-state index in [0.29, 0.717) is 0 Å². The molecule has 20 N–H and O–H groups in total. The number of nitrogens with two attached hydrogens (primary N) is 2. The van der Waals surface area contributed by atoms with Crippen LogP contribution in [-0.4, -0.2) is 171 Å². The summed E-state index contributed by atoms with van der Waals surface area (Å²) in [7, 11) is 0. The molecule has 64 heavy (non-hydrogen) atoms. The van der Waals surface area contributed by atoms with Crippen LogP contribution in [0, 0.1) is 5.92 Å². The molecule has 0 saturated carbocycles. The number of nitrogens with one attached hydrogen (secondary N) is 8. The van der Waals surface area contributed by atoms with Crippen LogP contribution in [0.25, 0.3) is 0 Å². The molecule has 0 saturated heterocycles. The molecule has 0 aromatic carbocycles. The van der Waals surface area contributed by atoms with Gasteiger partial charge in [-0.3, -0.25) is 53.3 Å². The van der Waals surface area contributed by atoms with Gasteiger partial charge in [0.2, 0.25) is 35.4 Å². The molecule has 0 aliphatic carbocycles. The number of carbonyl (C=O) groups is 11. The van der Waals surface area contributed by atoms with Crippen molar-refractivity contribution >= 4 is 77.0 Å². The van der Waals surface area contributed by atoms with E-state index in [1.165, 1.54) is 32.5 Å². The predicted octanol–water partition coefficient (Wildman–Crippen LogP) is -6.73. The summed E-state index contributed by atoms with van der Waals surface area (Å²) in [6, 6.07) is -12.0. The van der Waals surface area contributed by atoms with Gasteiger partial charge in [-0.15, -0.1) is 0 Å². The maximum Gasteiger partial charge on any atom is 0.326 e. The van der Waals surface area contributed by atoms with Crippen molar-refractivity contribution in [3.8, 4) is 0 Å². The summed E-state index contributed by atoms with van der Waals surface area (Å²) in [5.41, 5.74) is 14.6. The molecule has 0 aromatic rings. The lowest BCUT2D eigenvalue weighted by Crippen LogP contribution is -2.68. The van der Waals surface area contributed by atoms with Crippen LogP contribution in [-0.2, 0) is 52.7 Å². The van der Waals surface area contributed by atoms with Gasteiger partial charge < -0.3 is 80.0 Å². The third-order valence-corrected chi connectivity index (χ3v) is 9.63. The highest BCUT2D eigenvalue weighted by molar-refractivity contribution is 7.98. The van der Waals surface area contributed by atoms with E-state index < -0.39 is 164 Å². The highest BCUT2D eigenvalue weighted by Gasteiger charge is 2.35. The Morgan fingerprint density at radius 3 is 1.33 bits per heavy atom. The molecule has 0 bridgehead atoms. The molecule has 364 valence electrons. The standard InChI is InChI=1S/C36H63N11O16S/c1-16(2)27(34(61)45-22(35(62)63)14-26(53)54)47-32(59)20(8-10-25(51)52)43-30(57)19(7-9-24(49)50)42-31(58)21(11-13-64-4)44-29(56)18(6-5-12-40-36(38)39)41-33(60)23(15-48)46-28(55)17(3)37/h16-23,27,36,40,48H,5-15,37-39H2,1-4H3,(H,41,60)(H,42,58)(H,43,57)(H,44,56)(H,45,61)(H,46,55)(H,47,59)(H,49,50)(H,51,52)(H,53,54)(H,62,63)/p+1/t17-,18-,19-,20-,21-,22-,23-,27-/m0/s1. The topological polar surface area (TPSA) is 465 Å². The molecule has 0 radical (unpaired) electrons. The smallest absolute Gasteiger partial charge is 0.326 e. The van der Waals surface area contributed by atoms with Gasteiger partial charge in [0, 0.05) is 12.8 Å². The molecule has 0 unspecified atom stereocenters. The van der Waals surface area contributed by atoms with Gasteiger partial charge in [0.1, 0.15) is 48.6 Å². The highest BCUT2D eigenvalue weighted by atomic mass is 32.2. The molecule has 0 aromatic heterocycles. The molecule has 0 fully saturated rings. The van der Waals surface area contributed by atoms with Crippen LogP contribution in [0.3, 0.4) is 0 Å². The maximum atomic E-state index is 13.8. The molecule has 0 aliphatic rings. The molecule has 7 amide bonds. The summed E-state index contributed by atoms with van der Waals surface area (Å²) in [6.07, 6.45) is -2.85. The Labute approximate surface area is 372 Å². The van der Waals surface area contributed by atoms with Crippen molar-refractivity contribution in [1.29, 1.82) is 0 Å². The van der Waals surface area contributed by atoms with E-state index in [9.17, 15) is 73.2 Å². The fourth-order valence-corrected chi connectivity index (χ4v) is 5.92. The fraction of sp³-hybridized carbons (Fsp3) is 0.694. The first-order chi connectivity index (χ1) is 29.8. The Morgan fingerprint density at radius 2 is 0.953 bits per heavy atom. The van der Waals surface area contributed by atoms with Crippen LogP contribution in [0.1, 0.15) is 72.1 Å². The van der Waals surface area contributed by atoms with E-state index in [1.54, 1.807) is 6.26 Å². The summed E-state index contributed by atoms with van der Waals surface area (Å²) in [5, 5.41) is 65.9. The Balaban J connectivity index is 6.61. The van der Waals surface area contributed by atoms with Gasteiger partial charge in [-0.05, 0) is 63.5 Å². The number of thioether (sulfide) groups is 1. The van der Waals surface area contributed by atoms with E-state index in [2.05, 4.69) is 43.0 Å². The minimum absolute atomic E-state index is 0.0789. The minimum Gasteiger partial charge on any atom is -0.481 e. The first kappa shape index (κ1) is 58.3. The normalized spacial score (nSPS) is 14.8. The van der Waals surface area contributed by atoms with Gasteiger partial charge in [-0.25, -0.2) is 4.79 Å². The van der Waals surface area contributed by atoms with E-state index >= 15 is 0 Å². The largest absolute Gasteiger partial charge is 0.481 e. The lowest BCUT2D eigenvalue weighted by Gasteiger charge is -2.28. The van der Waals surface area contributed by atoms with E-state index in [-0.39, 0.29) is 31.6 Å². The summed E-state index contributed by atoms with van der Waals surface area (Å²) in [5.74, 6) is -13.6. The second-order valence-corrected chi connectivity index (χ2v) is 15.9. The van der Waals surface area contributed by atoms with Crippen molar-refractivity contribution in [3.05, 3.63) is 0 Å². The second-order valence-electron chi connectivity index (χ2n) is 14.9. The monoisotopic (exact) mass is 938 g/mol. The van der Waals surface area contributed by atoms with Crippen molar-refractivity contribution in [1.82, 2.24) is 42.5 Å². The number of quaternary nitrogens is 1. The van der Waals surface area contributed by atoms with E-state index in [0.717, 1.165) is 0 Å². The fourth-order valence-electron chi connectivity index (χ4n) is 5.44. The van der Waals surface area contributed by atoms with Gasteiger partial charge in [-0.1, -0.05) is 13.8 Å². The van der Waals surface area contributed by atoms with Crippen molar-refractivity contribution < 1.29 is 84.0 Å². The number of amides is 7. The number of aliphatic carboxylic acids is 4. The van der Waals surface area contributed by atoms with Crippen molar-refractivity contribution in [3.63, 3.8) is 0 Å². The predicted molar refractivity (Wildman–Crippen MR) is 224 cm³/mol. The quantitative estimate of drug-likeness (QED) is 0.0215. The van der Waals surface area contributed by atoms with Crippen LogP contribution in [0.4, 0.5) is 0 Å². The molecule has 0 aliphatic heterocycles. The molecular formula is C36H64N11O16S+. The van der Waals surface area contributed by atoms with E-state index in [1.807, 2.05) is 5.32 Å². The van der Waals surface area contributed by atoms with Crippen LogP contribution < -0.4 is 59.7 Å². The summed E-state index contributed by atoms with van der Waals surface area (Å²) < 4.78 is 0. The van der Waals surface area contributed by atoms with Crippen molar-refractivity contribution in [2.75, 3.05) is 25.2 Å². The van der Waals surface area contributed by atoms with Gasteiger partial charge in [0.05, 0.1) is 13.0 Å². The first-order valence-corrected chi connectivity index (χ1v) is 21.4. The van der Waals surface area contributed by atoms with Gasteiger partial charge >= 0.3 is 23.9 Å². The molecule has 0 rings (SSSR count). The van der Waals surface area contributed by atoms with Crippen molar-refractivity contribution in [2.24, 2.45) is 17.4 Å². The zero-order chi connectivity index (χ0) is 49.3. The third kappa shape index (κ3) is 23.7. The molecule has 28 heteroatoms. The van der Waals surface area contributed by atoms with Crippen molar-refractivity contribution in [2.45, 2.75) is 127 Å². The average Bonchev–Trinajstić information content (AvgIpc) is 3.19. The van der Waals surface area contributed by atoms with Crippen LogP contribution in [0.2, 0.25) is 0 Å². The Morgan fingerprint density at radius 1 is 0.547 bits per heavy atom. The number of aliphatic hydroxyl groups is 1. The number of hydrogen-bond acceptors (Lipinski definition) is 16.